The summed E-state index contributed by atoms with van der Waals surface area (Å²) < 4.78 is 6.88. The van der Waals surface area contributed by atoms with Gasteiger partial charge < -0.3 is 4.42 Å². The molecule has 0 unspecified atom stereocenters. The van der Waals surface area contributed by atoms with Gasteiger partial charge in [0.1, 0.15) is 19.2 Å². The second kappa shape index (κ2) is 3.56. The molecule has 2 heterocycles. The molecule has 68 valence electrons. The molecule has 0 spiro atoms. The van der Waals surface area contributed by atoms with Crippen molar-refractivity contribution < 1.29 is 4.42 Å². The lowest BCUT2D eigenvalue weighted by Gasteiger charge is -1.92. The molecule has 0 aromatic carbocycles. The number of rotatable bonds is 3. The van der Waals surface area contributed by atoms with Gasteiger partial charge in [0.25, 0.3) is 5.22 Å². The summed E-state index contributed by atoms with van der Waals surface area (Å²) in [7, 11) is 0. The van der Waals surface area contributed by atoms with Crippen molar-refractivity contribution in [2.75, 3.05) is 6.26 Å². The van der Waals surface area contributed by atoms with Gasteiger partial charge in [-0.15, -0.1) is 10.2 Å². The number of thioether (sulfide) groups is 1. The standard InChI is InChI=1S/C6H7N5OS/c1-13-6-10-9-5(12-6)2-11-4-7-3-8-11/h3-4H,2H2,1H3. The van der Waals surface area contributed by atoms with Gasteiger partial charge in [0.2, 0.25) is 5.89 Å². The zero-order valence-electron chi connectivity index (χ0n) is 6.91. The molecule has 2 rings (SSSR count). The van der Waals surface area contributed by atoms with Crippen LogP contribution < -0.4 is 0 Å². The molecule has 7 heteroatoms. The van der Waals surface area contributed by atoms with Crippen LogP contribution >= 0.6 is 11.8 Å². The highest BCUT2D eigenvalue weighted by Gasteiger charge is 2.04. The molecule has 6 nitrogen and oxygen atoms in total. The van der Waals surface area contributed by atoms with Crippen LogP contribution in [0.5, 0.6) is 0 Å². The van der Waals surface area contributed by atoms with Crippen LogP contribution in [0.2, 0.25) is 0 Å². The molecule has 2 aromatic rings. The fourth-order valence-corrected chi connectivity index (χ4v) is 1.14. The molecule has 2 aromatic heterocycles. The first-order chi connectivity index (χ1) is 6.38. The Morgan fingerprint density at radius 3 is 3.08 bits per heavy atom. The molecule has 13 heavy (non-hydrogen) atoms. The second-order valence-corrected chi connectivity index (χ2v) is 3.02. The summed E-state index contributed by atoms with van der Waals surface area (Å²) in [6.07, 6.45) is 4.95. The number of aromatic nitrogens is 5. The predicted octanol–water partition coefficient (Wildman–Crippen LogP) is 0.431. The Morgan fingerprint density at radius 1 is 1.54 bits per heavy atom. The van der Waals surface area contributed by atoms with Gasteiger partial charge in [-0.25, -0.2) is 9.67 Å². The quantitative estimate of drug-likeness (QED) is 0.664. The van der Waals surface area contributed by atoms with Crippen molar-refractivity contribution in [2.24, 2.45) is 0 Å². The minimum Gasteiger partial charge on any atom is -0.414 e. The third-order valence-electron chi connectivity index (χ3n) is 1.39. The summed E-state index contributed by atoms with van der Waals surface area (Å²) >= 11 is 1.42. The molecule has 0 saturated carbocycles. The zero-order valence-corrected chi connectivity index (χ0v) is 7.73. The van der Waals surface area contributed by atoms with E-state index in [1.807, 2.05) is 6.26 Å². The van der Waals surface area contributed by atoms with Crippen molar-refractivity contribution in [3.8, 4) is 0 Å². The van der Waals surface area contributed by atoms with Crippen LogP contribution in [-0.2, 0) is 6.54 Å². The predicted molar refractivity (Wildman–Crippen MR) is 45.2 cm³/mol. The first kappa shape index (κ1) is 8.24. The van der Waals surface area contributed by atoms with Crippen LogP contribution in [0.3, 0.4) is 0 Å². The van der Waals surface area contributed by atoms with Crippen LogP contribution in [0.1, 0.15) is 5.89 Å². The Kier molecular flexibility index (Phi) is 2.26. The Labute approximate surface area is 78.4 Å². The summed E-state index contributed by atoms with van der Waals surface area (Å²) in [5.74, 6) is 0.537. The van der Waals surface area contributed by atoms with E-state index in [9.17, 15) is 0 Å². The van der Waals surface area contributed by atoms with Crippen LogP contribution in [0, 0.1) is 0 Å². The highest BCUT2D eigenvalue weighted by Crippen LogP contribution is 2.11. The Balaban J connectivity index is 2.10. The second-order valence-electron chi connectivity index (χ2n) is 2.26. The van der Waals surface area contributed by atoms with Gasteiger partial charge in [0, 0.05) is 0 Å². The maximum Gasteiger partial charge on any atom is 0.276 e. The van der Waals surface area contributed by atoms with E-state index < -0.39 is 0 Å². The van der Waals surface area contributed by atoms with E-state index >= 15 is 0 Å². The van der Waals surface area contributed by atoms with E-state index in [0.717, 1.165) is 0 Å². The van der Waals surface area contributed by atoms with E-state index in [1.165, 1.54) is 18.1 Å². The van der Waals surface area contributed by atoms with Crippen molar-refractivity contribution in [2.45, 2.75) is 11.8 Å². The van der Waals surface area contributed by atoms with Gasteiger partial charge in [-0.2, -0.15) is 5.10 Å². The lowest BCUT2D eigenvalue weighted by atomic mass is 10.6. The molecule has 0 aliphatic heterocycles. The van der Waals surface area contributed by atoms with Crippen LogP contribution in [0.15, 0.2) is 22.3 Å². The van der Waals surface area contributed by atoms with Crippen LogP contribution in [0.25, 0.3) is 0 Å². The van der Waals surface area contributed by atoms with Gasteiger partial charge in [-0.05, 0) is 6.26 Å². The molecule has 0 aliphatic carbocycles. The minimum absolute atomic E-state index is 0.466. The number of hydrogen-bond acceptors (Lipinski definition) is 6. The molecule has 0 saturated heterocycles. The summed E-state index contributed by atoms with van der Waals surface area (Å²) in [6, 6.07) is 0. The van der Waals surface area contributed by atoms with Crippen LogP contribution in [0.4, 0.5) is 0 Å². The molecular weight excluding hydrogens is 190 g/mol. The number of hydrogen-bond donors (Lipinski definition) is 0. The van der Waals surface area contributed by atoms with Gasteiger partial charge in [-0.1, -0.05) is 11.8 Å². The Hall–Kier alpha value is -1.37. The molecule has 0 aliphatic rings. The fraction of sp³-hybridized carbons (Fsp3) is 0.333. The number of nitrogens with zero attached hydrogens (tertiary/aromatic N) is 5. The van der Waals surface area contributed by atoms with Gasteiger partial charge in [-0.3, -0.25) is 0 Å². The SMILES string of the molecule is CSc1nnc(Cn2cncn2)o1. The Bertz CT molecular complexity index is 370. The van der Waals surface area contributed by atoms with Crippen molar-refractivity contribution in [3.63, 3.8) is 0 Å². The molecule has 0 bridgehead atoms. The zero-order chi connectivity index (χ0) is 9.10. The first-order valence-electron chi connectivity index (χ1n) is 3.57. The fourth-order valence-electron chi connectivity index (χ4n) is 0.838. The monoisotopic (exact) mass is 197 g/mol. The summed E-state index contributed by atoms with van der Waals surface area (Å²) in [5, 5.41) is 12.1. The average Bonchev–Trinajstić information content (AvgIpc) is 2.76. The van der Waals surface area contributed by atoms with E-state index in [-0.39, 0.29) is 0 Å². The van der Waals surface area contributed by atoms with Crippen molar-refractivity contribution >= 4 is 11.8 Å². The molecule has 0 amide bonds. The van der Waals surface area contributed by atoms with Gasteiger partial charge in [0.15, 0.2) is 0 Å². The van der Waals surface area contributed by atoms with Gasteiger partial charge in [0.05, 0.1) is 0 Å². The summed E-state index contributed by atoms with van der Waals surface area (Å²) in [6.45, 7) is 0.466. The van der Waals surface area contributed by atoms with Gasteiger partial charge >= 0.3 is 0 Å². The van der Waals surface area contributed by atoms with Crippen molar-refractivity contribution in [1.29, 1.82) is 0 Å². The minimum atomic E-state index is 0.466. The normalized spacial score (nSPS) is 10.5. The molecule has 0 fully saturated rings. The van der Waals surface area contributed by atoms with E-state index in [1.54, 1.807) is 11.0 Å². The average molecular weight is 197 g/mol. The summed E-state index contributed by atoms with van der Waals surface area (Å²) in [5.41, 5.74) is 0. The maximum absolute atomic E-state index is 5.26. The van der Waals surface area contributed by atoms with Crippen molar-refractivity contribution in [1.82, 2.24) is 25.0 Å². The van der Waals surface area contributed by atoms with Crippen LogP contribution in [-0.4, -0.2) is 31.2 Å². The Morgan fingerprint density at radius 2 is 2.46 bits per heavy atom. The molecule has 0 radical (unpaired) electrons. The van der Waals surface area contributed by atoms with E-state index in [4.69, 9.17) is 4.42 Å². The van der Waals surface area contributed by atoms with E-state index in [0.29, 0.717) is 17.7 Å². The lowest BCUT2D eigenvalue weighted by Crippen LogP contribution is -1.99. The third kappa shape index (κ3) is 1.86. The summed E-state index contributed by atoms with van der Waals surface area (Å²) in [4.78, 5) is 3.80. The van der Waals surface area contributed by atoms with E-state index in [2.05, 4.69) is 20.3 Å². The smallest absolute Gasteiger partial charge is 0.276 e. The molecule has 0 atom stereocenters. The maximum atomic E-state index is 5.26. The topological polar surface area (TPSA) is 69.6 Å². The highest BCUT2D eigenvalue weighted by molar-refractivity contribution is 7.98. The third-order valence-corrected chi connectivity index (χ3v) is 1.90. The largest absolute Gasteiger partial charge is 0.414 e. The molecular formula is C6H7N5OS. The highest BCUT2D eigenvalue weighted by atomic mass is 32.2. The first-order valence-corrected chi connectivity index (χ1v) is 4.80. The molecule has 0 N–H and O–H groups in total. The van der Waals surface area contributed by atoms with Crippen molar-refractivity contribution in [3.05, 3.63) is 18.5 Å². The lowest BCUT2D eigenvalue weighted by molar-refractivity contribution is 0.398.